The minimum atomic E-state index is 0. The molecule has 21 heavy (non-hydrogen) atoms. The van der Waals surface area contributed by atoms with Crippen LogP contribution in [0.3, 0.4) is 0 Å². The van der Waals surface area contributed by atoms with Crippen LogP contribution >= 0.6 is 24.0 Å². The Morgan fingerprint density at radius 3 is 2.62 bits per heavy atom. The topological polar surface area (TPSA) is 65.9 Å². The zero-order valence-corrected chi connectivity index (χ0v) is 15.5. The minimum absolute atomic E-state index is 0. The predicted molar refractivity (Wildman–Crippen MR) is 97.7 cm³/mol. The zero-order valence-electron chi connectivity index (χ0n) is 13.1. The summed E-state index contributed by atoms with van der Waals surface area (Å²) in [5.41, 5.74) is 0.742. The summed E-state index contributed by atoms with van der Waals surface area (Å²) in [4.78, 5) is 4.47. The number of methoxy groups -OCH3 is 1. The summed E-state index contributed by atoms with van der Waals surface area (Å²) in [6.07, 6.45) is 0. The molecule has 0 spiro atoms. The third kappa shape index (κ3) is 6.88. The lowest BCUT2D eigenvalue weighted by Gasteiger charge is -2.13. The molecular formula is C15H26IN3O2. The summed E-state index contributed by atoms with van der Waals surface area (Å²) >= 11 is 0. The second-order valence-corrected chi connectivity index (χ2v) is 4.94. The molecule has 0 bridgehead atoms. The number of rotatable bonds is 6. The predicted octanol–water partition coefficient (Wildman–Crippen LogP) is 2.73. The number of phenols is 1. The first-order chi connectivity index (χ1) is 9.58. The summed E-state index contributed by atoms with van der Waals surface area (Å²) in [6, 6.07) is 5.41. The van der Waals surface area contributed by atoms with Gasteiger partial charge in [-0.1, -0.05) is 26.0 Å². The van der Waals surface area contributed by atoms with E-state index in [4.69, 9.17) is 4.74 Å². The van der Waals surface area contributed by atoms with E-state index < -0.39 is 0 Å². The Labute approximate surface area is 144 Å². The van der Waals surface area contributed by atoms with Crippen LogP contribution in [0.4, 0.5) is 0 Å². The van der Waals surface area contributed by atoms with Gasteiger partial charge in [0.05, 0.1) is 13.7 Å². The van der Waals surface area contributed by atoms with Crippen molar-refractivity contribution in [1.82, 2.24) is 10.6 Å². The number of ether oxygens (including phenoxy) is 1. The van der Waals surface area contributed by atoms with E-state index >= 15 is 0 Å². The van der Waals surface area contributed by atoms with Crippen molar-refractivity contribution in [3.05, 3.63) is 23.8 Å². The van der Waals surface area contributed by atoms with E-state index in [9.17, 15) is 5.11 Å². The number of nitrogens with zero attached hydrogens (tertiary/aromatic N) is 1. The summed E-state index contributed by atoms with van der Waals surface area (Å²) < 4.78 is 5.09. The smallest absolute Gasteiger partial charge is 0.191 e. The van der Waals surface area contributed by atoms with E-state index in [1.54, 1.807) is 6.07 Å². The van der Waals surface area contributed by atoms with Crippen LogP contribution in [0.25, 0.3) is 0 Å². The number of guanidine groups is 1. The molecular weight excluding hydrogens is 381 g/mol. The number of aliphatic imine (C=N–C) groups is 1. The van der Waals surface area contributed by atoms with Crippen LogP contribution in [-0.2, 0) is 6.54 Å². The minimum Gasteiger partial charge on any atom is -0.504 e. The molecule has 0 heterocycles. The molecule has 6 heteroatoms. The van der Waals surface area contributed by atoms with E-state index in [0.29, 0.717) is 18.2 Å². The van der Waals surface area contributed by atoms with Crippen molar-refractivity contribution in [1.29, 1.82) is 0 Å². The number of halogens is 1. The second kappa shape index (κ2) is 10.5. The summed E-state index contributed by atoms with van der Waals surface area (Å²) in [7, 11) is 1.54. The lowest BCUT2D eigenvalue weighted by Crippen LogP contribution is -2.39. The van der Waals surface area contributed by atoms with Gasteiger partial charge in [0.2, 0.25) is 0 Å². The third-order valence-corrected chi connectivity index (χ3v) is 2.73. The van der Waals surface area contributed by atoms with Crippen molar-refractivity contribution in [2.24, 2.45) is 10.9 Å². The summed E-state index contributed by atoms with van der Waals surface area (Å²) in [5.74, 6) is 1.92. The average molecular weight is 407 g/mol. The van der Waals surface area contributed by atoms with Crippen LogP contribution in [-0.4, -0.2) is 31.3 Å². The molecule has 0 aromatic heterocycles. The van der Waals surface area contributed by atoms with Crippen molar-refractivity contribution >= 4 is 29.9 Å². The quantitative estimate of drug-likeness (QED) is 0.386. The number of aromatic hydroxyl groups is 1. The van der Waals surface area contributed by atoms with Crippen LogP contribution in [0.5, 0.6) is 11.5 Å². The summed E-state index contributed by atoms with van der Waals surface area (Å²) in [5, 5.41) is 16.5. The Morgan fingerprint density at radius 2 is 2.05 bits per heavy atom. The summed E-state index contributed by atoms with van der Waals surface area (Å²) in [6.45, 7) is 8.37. The second-order valence-electron chi connectivity index (χ2n) is 4.94. The SMILES string of the molecule is CCNC(=NCc1cccc(OC)c1O)NCC(C)C.I. The largest absolute Gasteiger partial charge is 0.504 e. The Kier molecular flexibility index (Phi) is 9.94. The van der Waals surface area contributed by atoms with Crippen molar-refractivity contribution in [3.8, 4) is 11.5 Å². The number of hydrogen-bond acceptors (Lipinski definition) is 3. The van der Waals surface area contributed by atoms with Gasteiger partial charge in [0, 0.05) is 18.7 Å². The van der Waals surface area contributed by atoms with Gasteiger partial charge in [0.1, 0.15) is 0 Å². The lowest BCUT2D eigenvalue weighted by atomic mass is 10.2. The van der Waals surface area contributed by atoms with Crippen LogP contribution in [0.2, 0.25) is 0 Å². The normalized spacial score (nSPS) is 11.0. The maximum Gasteiger partial charge on any atom is 0.191 e. The third-order valence-electron chi connectivity index (χ3n) is 2.73. The molecule has 0 amide bonds. The van der Waals surface area contributed by atoms with Gasteiger partial charge in [-0.2, -0.15) is 0 Å². The number of benzene rings is 1. The Morgan fingerprint density at radius 1 is 1.33 bits per heavy atom. The molecule has 0 atom stereocenters. The fraction of sp³-hybridized carbons (Fsp3) is 0.533. The van der Waals surface area contributed by atoms with Crippen molar-refractivity contribution in [2.75, 3.05) is 20.2 Å². The van der Waals surface area contributed by atoms with Gasteiger partial charge in [-0.25, -0.2) is 4.99 Å². The van der Waals surface area contributed by atoms with Gasteiger partial charge in [-0.05, 0) is 18.9 Å². The first-order valence-electron chi connectivity index (χ1n) is 6.95. The average Bonchev–Trinajstić information content (AvgIpc) is 2.43. The maximum atomic E-state index is 10.0. The Balaban J connectivity index is 0.00000400. The molecule has 0 saturated heterocycles. The van der Waals surface area contributed by atoms with E-state index in [0.717, 1.165) is 24.6 Å². The molecule has 0 aliphatic carbocycles. The van der Waals surface area contributed by atoms with Gasteiger partial charge in [0.15, 0.2) is 17.5 Å². The molecule has 1 rings (SSSR count). The molecule has 1 aromatic carbocycles. The van der Waals surface area contributed by atoms with Crippen molar-refractivity contribution in [3.63, 3.8) is 0 Å². The van der Waals surface area contributed by atoms with E-state index in [1.807, 2.05) is 19.1 Å². The van der Waals surface area contributed by atoms with Gasteiger partial charge in [-0.15, -0.1) is 24.0 Å². The standard InChI is InChI=1S/C15H25N3O2.HI/c1-5-16-15(17-9-11(2)3)18-10-12-7-6-8-13(20-4)14(12)19;/h6-8,11,19H,5,9-10H2,1-4H3,(H2,16,17,18);1H. The molecule has 0 aliphatic rings. The molecule has 0 fully saturated rings. The van der Waals surface area contributed by atoms with Crippen LogP contribution in [0, 0.1) is 5.92 Å². The lowest BCUT2D eigenvalue weighted by molar-refractivity contribution is 0.370. The fourth-order valence-corrected chi connectivity index (χ4v) is 1.67. The van der Waals surface area contributed by atoms with E-state index in [2.05, 4.69) is 29.5 Å². The van der Waals surface area contributed by atoms with E-state index in [1.165, 1.54) is 7.11 Å². The highest BCUT2D eigenvalue weighted by molar-refractivity contribution is 14.0. The maximum absolute atomic E-state index is 10.0. The zero-order chi connectivity index (χ0) is 15.0. The molecule has 1 aromatic rings. The first kappa shape index (κ1) is 19.8. The number of nitrogens with one attached hydrogen (secondary N) is 2. The molecule has 120 valence electrons. The van der Waals surface area contributed by atoms with Crippen molar-refractivity contribution in [2.45, 2.75) is 27.3 Å². The molecule has 0 unspecified atom stereocenters. The van der Waals surface area contributed by atoms with Gasteiger partial charge in [0.25, 0.3) is 0 Å². The highest BCUT2D eigenvalue weighted by atomic mass is 127. The first-order valence-corrected chi connectivity index (χ1v) is 6.95. The van der Waals surface area contributed by atoms with Crippen molar-refractivity contribution < 1.29 is 9.84 Å². The fourth-order valence-electron chi connectivity index (χ4n) is 1.67. The van der Waals surface area contributed by atoms with Crippen LogP contribution < -0.4 is 15.4 Å². The van der Waals surface area contributed by atoms with E-state index in [-0.39, 0.29) is 29.7 Å². The molecule has 5 nitrogen and oxygen atoms in total. The van der Waals surface area contributed by atoms with Gasteiger partial charge < -0.3 is 20.5 Å². The Bertz CT molecular complexity index is 451. The molecule has 0 aliphatic heterocycles. The molecule has 0 radical (unpaired) electrons. The van der Waals surface area contributed by atoms with Crippen LogP contribution in [0.15, 0.2) is 23.2 Å². The highest BCUT2D eigenvalue weighted by Crippen LogP contribution is 2.29. The van der Waals surface area contributed by atoms with Gasteiger partial charge in [-0.3, -0.25) is 0 Å². The number of para-hydroxylation sites is 1. The number of phenolic OH excluding ortho intramolecular Hbond substituents is 1. The van der Waals surface area contributed by atoms with Crippen LogP contribution in [0.1, 0.15) is 26.3 Å². The molecule has 3 N–H and O–H groups in total. The molecule has 0 saturated carbocycles. The Hall–Kier alpha value is -1.18. The number of hydrogen-bond donors (Lipinski definition) is 3. The monoisotopic (exact) mass is 407 g/mol. The highest BCUT2D eigenvalue weighted by Gasteiger charge is 2.07. The van der Waals surface area contributed by atoms with Gasteiger partial charge >= 0.3 is 0 Å².